The molecule has 0 bridgehead atoms. The number of Topliss-reactive ketones (excluding diaryl/α,β-unsaturated/α-hetero) is 1. The van der Waals surface area contributed by atoms with Crippen molar-refractivity contribution in [3.05, 3.63) is 41.0 Å². The molecule has 1 fully saturated rings. The van der Waals surface area contributed by atoms with Gasteiger partial charge >= 0.3 is 0 Å². The van der Waals surface area contributed by atoms with E-state index in [1.165, 1.54) is 5.57 Å². The molecule has 0 amide bonds. The molecule has 3 aliphatic rings. The summed E-state index contributed by atoms with van der Waals surface area (Å²) >= 11 is 0. The van der Waals surface area contributed by atoms with Crippen molar-refractivity contribution in [1.29, 1.82) is 0 Å². The van der Waals surface area contributed by atoms with E-state index >= 15 is 0 Å². The summed E-state index contributed by atoms with van der Waals surface area (Å²) < 4.78 is 0. The number of rotatable bonds is 0. The standard InChI is InChI=1S/C22H24O2/c1-3-4-5-14-6-9-20-18-13-21(24)19-12-15(23)7-8-16(19)17(18)10-11-22(14,20)2/h6-8,12,17-18,20,23H,3,9-11,13H2,1-2H3/t17-,18-,20+,22-/m1/s1. The van der Waals surface area contributed by atoms with E-state index in [0.717, 1.165) is 36.8 Å². The first-order valence-electron chi connectivity index (χ1n) is 9.10. The first kappa shape index (κ1) is 15.5. The van der Waals surface area contributed by atoms with Crippen LogP contribution < -0.4 is 0 Å². The average Bonchev–Trinajstić information content (AvgIpc) is 2.90. The van der Waals surface area contributed by atoms with Crippen LogP contribution in [0.25, 0.3) is 0 Å². The van der Waals surface area contributed by atoms with Gasteiger partial charge in [0.1, 0.15) is 5.75 Å². The number of hydrogen-bond donors (Lipinski definition) is 1. The maximum Gasteiger partial charge on any atom is 0.163 e. The summed E-state index contributed by atoms with van der Waals surface area (Å²) in [4.78, 5) is 12.7. The molecular formula is C22H24O2. The van der Waals surface area contributed by atoms with E-state index in [1.807, 2.05) is 6.07 Å². The van der Waals surface area contributed by atoms with E-state index in [1.54, 1.807) is 12.1 Å². The molecule has 2 heteroatoms. The van der Waals surface area contributed by atoms with E-state index in [4.69, 9.17) is 0 Å². The Bertz CT molecular complexity index is 792. The molecule has 1 aromatic carbocycles. The number of carbonyl (C=O) groups excluding carboxylic acids is 1. The van der Waals surface area contributed by atoms with Gasteiger partial charge in [-0.15, -0.1) is 0 Å². The van der Waals surface area contributed by atoms with Crippen molar-refractivity contribution in [3.8, 4) is 17.6 Å². The van der Waals surface area contributed by atoms with Gasteiger partial charge in [0.15, 0.2) is 5.78 Å². The minimum Gasteiger partial charge on any atom is -0.508 e. The van der Waals surface area contributed by atoms with E-state index in [0.29, 0.717) is 24.2 Å². The third-order valence-electron chi connectivity index (χ3n) is 6.58. The van der Waals surface area contributed by atoms with Crippen LogP contribution in [0.3, 0.4) is 0 Å². The van der Waals surface area contributed by atoms with Crippen LogP contribution in [0.15, 0.2) is 29.8 Å². The molecule has 0 spiro atoms. The maximum atomic E-state index is 12.7. The van der Waals surface area contributed by atoms with Gasteiger partial charge in [-0.1, -0.05) is 37.8 Å². The molecule has 1 N–H and O–H groups in total. The van der Waals surface area contributed by atoms with Crippen molar-refractivity contribution < 1.29 is 9.90 Å². The van der Waals surface area contributed by atoms with Crippen molar-refractivity contribution in [2.24, 2.45) is 17.3 Å². The van der Waals surface area contributed by atoms with Crippen LogP contribution in [-0.4, -0.2) is 10.9 Å². The lowest BCUT2D eigenvalue weighted by molar-refractivity contribution is 0.0636. The molecule has 3 aliphatic carbocycles. The van der Waals surface area contributed by atoms with Crippen LogP contribution in [0, 0.1) is 29.1 Å². The Morgan fingerprint density at radius 2 is 2.21 bits per heavy atom. The van der Waals surface area contributed by atoms with Crippen LogP contribution in [0.4, 0.5) is 0 Å². The van der Waals surface area contributed by atoms with Gasteiger partial charge in [-0.3, -0.25) is 4.79 Å². The van der Waals surface area contributed by atoms with Crippen LogP contribution in [0.5, 0.6) is 5.75 Å². The molecule has 0 saturated heterocycles. The topological polar surface area (TPSA) is 37.3 Å². The lowest BCUT2D eigenvalue weighted by Crippen LogP contribution is -2.42. The summed E-state index contributed by atoms with van der Waals surface area (Å²) in [6, 6.07) is 5.36. The Hall–Kier alpha value is -2.01. The minimum absolute atomic E-state index is 0.137. The van der Waals surface area contributed by atoms with E-state index in [9.17, 15) is 9.90 Å². The Balaban J connectivity index is 1.70. The van der Waals surface area contributed by atoms with Gasteiger partial charge in [-0.25, -0.2) is 0 Å². The first-order valence-corrected chi connectivity index (χ1v) is 9.10. The maximum absolute atomic E-state index is 12.7. The van der Waals surface area contributed by atoms with E-state index in [-0.39, 0.29) is 16.9 Å². The number of carbonyl (C=O) groups is 1. The zero-order valence-corrected chi connectivity index (χ0v) is 14.4. The summed E-state index contributed by atoms with van der Waals surface area (Å²) in [5, 5.41) is 9.73. The SMILES string of the molecule is CCC#CC1=CC[C@H]2[C@@H]3CC(=O)c4cc(O)ccc4[C@H]3CC[C@]12C. The number of phenols is 1. The largest absolute Gasteiger partial charge is 0.508 e. The molecule has 0 aliphatic heterocycles. The number of phenolic OH excluding ortho intramolecular Hbond substituents is 1. The molecule has 4 rings (SSSR count). The summed E-state index contributed by atoms with van der Waals surface area (Å²) in [7, 11) is 0. The Morgan fingerprint density at radius 1 is 1.38 bits per heavy atom. The molecule has 124 valence electrons. The lowest BCUT2D eigenvalue weighted by Gasteiger charge is -2.49. The monoisotopic (exact) mass is 320 g/mol. The minimum atomic E-state index is 0.137. The van der Waals surface area contributed by atoms with Crippen molar-refractivity contribution in [1.82, 2.24) is 0 Å². The molecule has 0 aromatic heterocycles. The summed E-state index contributed by atoms with van der Waals surface area (Å²) in [5.41, 5.74) is 3.34. The Morgan fingerprint density at radius 3 is 3.00 bits per heavy atom. The van der Waals surface area contributed by atoms with Gasteiger partial charge in [0.2, 0.25) is 0 Å². The number of aromatic hydroxyl groups is 1. The van der Waals surface area contributed by atoms with Crippen molar-refractivity contribution in [2.45, 2.75) is 51.9 Å². The second-order valence-corrected chi connectivity index (χ2v) is 7.74. The second kappa shape index (κ2) is 5.52. The molecule has 2 nitrogen and oxygen atoms in total. The fourth-order valence-electron chi connectivity index (χ4n) is 5.34. The first-order chi connectivity index (χ1) is 11.5. The zero-order valence-electron chi connectivity index (χ0n) is 14.4. The van der Waals surface area contributed by atoms with E-state index in [2.05, 4.69) is 31.8 Å². The Labute approximate surface area is 144 Å². The number of fused-ring (bicyclic) bond motifs is 5. The predicted octanol–water partition coefficient (Wildman–Crippen LogP) is 4.84. The van der Waals surface area contributed by atoms with Crippen LogP contribution in [0.2, 0.25) is 0 Å². The quantitative estimate of drug-likeness (QED) is 0.695. The lowest BCUT2D eigenvalue weighted by atomic mass is 9.54. The zero-order chi connectivity index (χ0) is 16.9. The molecule has 4 atom stereocenters. The highest BCUT2D eigenvalue weighted by molar-refractivity contribution is 5.99. The van der Waals surface area contributed by atoms with Gasteiger partial charge in [0, 0.05) is 29.4 Å². The number of allylic oxidation sites excluding steroid dienone is 2. The van der Waals surface area contributed by atoms with Crippen LogP contribution in [-0.2, 0) is 0 Å². The normalized spacial score (nSPS) is 33.7. The number of hydrogen-bond acceptors (Lipinski definition) is 2. The van der Waals surface area contributed by atoms with E-state index < -0.39 is 0 Å². The molecule has 1 aromatic rings. The number of ketones is 1. The van der Waals surface area contributed by atoms with Gasteiger partial charge in [0.25, 0.3) is 0 Å². The van der Waals surface area contributed by atoms with Crippen molar-refractivity contribution >= 4 is 5.78 Å². The number of benzene rings is 1. The van der Waals surface area contributed by atoms with Crippen molar-refractivity contribution in [3.63, 3.8) is 0 Å². The smallest absolute Gasteiger partial charge is 0.163 e. The highest BCUT2D eigenvalue weighted by Gasteiger charge is 2.52. The van der Waals surface area contributed by atoms with Gasteiger partial charge < -0.3 is 5.11 Å². The molecular weight excluding hydrogens is 296 g/mol. The van der Waals surface area contributed by atoms with Crippen LogP contribution in [0.1, 0.15) is 67.8 Å². The highest BCUT2D eigenvalue weighted by Crippen LogP contribution is 2.60. The molecule has 24 heavy (non-hydrogen) atoms. The summed E-state index contributed by atoms with van der Waals surface area (Å²) in [6.45, 7) is 4.44. The predicted molar refractivity (Wildman–Crippen MR) is 94.9 cm³/mol. The molecule has 0 unspecified atom stereocenters. The fraction of sp³-hybridized carbons (Fsp3) is 0.500. The second-order valence-electron chi connectivity index (χ2n) is 7.74. The molecule has 1 saturated carbocycles. The van der Waals surface area contributed by atoms with Gasteiger partial charge in [-0.05, 0) is 54.7 Å². The fourth-order valence-corrected chi connectivity index (χ4v) is 5.34. The molecule has 0 heterocycles. The molecule has 0 radical (unpaired) electrons. The van der Waals surface area contributed by atoms with Gasteiger partial charge in [-0.2, -0.15) is 0 Å². The summed E-state index contributed by atoms with van der Waals surface area (Å²) in [5.74, 6) is 8.40. The highest BCUT2D eigenvalue weighted by atomic mass is 16.3. The Kier molecular flexibility index (Phi) is 3.57. The van der Waals surface area contributed by atoms with Crippen LogP contribution >= 0.6 is 0 Å². The van der Waals surface area contributed by atoms with Crippen molar-refractivity contribution in [2.75, 3.05) is 0 Å². The average molecular weight is 320 g/mol. The third kappa shape index (κ3) is 2.14. The summed E-state index contributed by atoms with van der Waals surface area (Å²) in [6.07, 6.45) is 7.12. The third-order valence-corrected chi connectivity index (χ3v) is 6.58. The van der Waals surface area contributed by atoms with Gasteiger partial charge in [0.05, 0.1) is 0 Å².